The number of hydrogen-bond donors (Lipinski definition) is 0. The van der Waals surface area contributed by atoms with Gasteiger partial charge in [-0.2, -0.15) is 0 Å². The second kappa shape index (κ2) is 5.38. The summed E-state index contributed by atoms with van der Waals surface area (Å²) < 4.78 is 32.2. The number of rotatable bonds is 6. The number of hydrogen-bond acceptors (Lipinski definition) is 5. The molecule has 0 unspecified atom stereocenters. The van der Waals surface area contributed by atoms with Crippen molar-refractivity contribution in [3.8, 4) is 0 Å². The molecule has 1 aliphatic rings. The number of esters is 1. The highest BCUT2D eigenvalue weighted by Gasteiger charge is 2.65. The molecule has 1 fully saturated rings. The Bertz CT molecular complexity index is 573. The Hall–Kier alpha value is -2.06. The summed E-state index contributed by atoms with van der Waals surface area (Å²) in [6.45, 7) is 2.84. The van der Waals surface area contributed by atoms with E-state index in [-0.39, 0.29) is 25.4 Å². The molecule has 7 nitrogen and oxygen atoms in total. The number of nitrogens with zero attached hydrogens (tertiary/aromatic N) is 3. The Morgan fingerprint density at radius 2 is 2.24 bits per heavy atom. The molecule has 0 bridgehead atoms. The fraction of sp³-hybridized carbons (Fsp3) is 0.667. The van der Waals surface area contributed by atoms with E-state index in [2.05, 4.69) is 4.98 Å². The molecule has 2 rings (SSSR count). The van der Waals surface area contributed by atoms with Crippen LogP contribution in [-0.2, 0) is 16.1 Å². The van der Waals surface area contributed by atoms with E-state index in [0.29, 0.717) is 5.82 Å². The molecule has 116 valence electrons. The molecule has 0 spiro atoms. The lowest BCUT2D eigenvalue weighted by molar-refractivity contribution is -0.389. The number of halogens is 2. The number of aryl methyl sites for hydroxylation is 2. The SMILES string of the molecule is Cc1nc([N+](=O)[O-])cn1CCC(=O)OC[C@@H]1[C@@H](C)C1(F)F. The first-order chi connectivity index (χ1) is 9.73. The van der Waals surface area contributed by atoms with Crippen molar-refractivity contribution < 1.29 is 23.2 Å². The van der Waals surface area contributed by atoms with Crippen LogP contribution in [0.3, 0.4) is 0 Å². The van der Waals surface area contributed by atoms with Crippen LogP contribution in [0.4, 0.5) is 14.6 Å². The third kappa shape index (κ3) is 3.17. The summed E-state index contributed by atoms with van der Waals surface area (Å²) in [5.74, 6) is -4.92. The minimum absolute atomic E-state index is 0.0545. The molecular weight excluding hydrogens is 288 g/mol. The van der Waals surface area contributed by atoms with Gasteiger partial charge in [0.25, 0.3) is 5.92 Å². The van der Waals surface area contributed by atoms with Crippen molar-refractivity contribution in [1.29, 1.82) is 0 Å². The number of nitro groups is 1. The van der Waals surface area contributed by atoms with Crippen LogP contribution in [0, 0.1) is 28.9 Å². The van der Waals surface area contributed by atoms with Gasteiger partial charge in [0.2, 0.25) is 5.82 Å². The van der Waals surface area contributed by atoms with Crippen LogP contribution >= 0.6 is 0 Å². The average molecular weight is 303 g/mol. The van der Waals surface area contributed by atoms with Crippen LogP contribution < -0.4 is 0 Å². The highest BCUT2D eigenvalue weighted by atomic mass is 19.3. The third-order valence-electron chi connectivity index (χ3n) is 3.73. The second-order valence-electron chi connectivity index (χ2n) is 5.10. The number of imidazole rings is 1. The van der Waals surface area contributed by atoms with Gasteiger partial charge in [-0.1, -0.05) is 6.92 Å². The Morgan fingerprint density at radius 3 is 2.71 bits per heavy atom. The molecule has 0 N–H and O–H groups in total. The van der Waals surface area contributed by atoms with E-state index in [1.807, 2.05) is 0 Å². The maximum atomic E-state index is 13.0. The maximum Gasteiger partial charge on any atom is 0.381 e. The topological polar surface area (TPSA) is 87.3 Å². The van der Waals surface area contributed by atoms with E-state index in [1.54, 1.807) is 6.92 Å². The van der Waals surface area contributed by atoms with Gasteiger partial charge in [0, 0.05) is 19.4 Å². The Balaban J connectivity index is 1.78. The summed E-state index contributed by atoms with van der Waals surface area (Å²) in [7, 11) is 0. The Morgan fingerprint density at radius 1 is 1.62 bits per heavy atom. The normalized spacial score (nSPS) is 22.9. The molecule has 0 amide bonds. The van der Waals surface area contributed by atoms with Crippen LogP contribution in [0.5, 0.6) is 0 Å². The maximum absolute atomic E-state index is 13.0. The highest BCUT2D eigenvalue weighted by molar-refractivity contribution is 5.69. The van der Waals surface area contributed by atoms with Crippen LogP contribution in [0.25, 0.3) is 0 Å². The van der Waals surface area contributed by atoms with E-state index in [0.717, 1.165) is 0 Å². The predicted octanol–water partition coefficient (Wildman–Crippen LogP) is 1.93. The monoisotopic (exact) mass is 303 g/mol. The number of carbonyl (C=O) groups is 1. The Kier molecular flexibility index (Phi) is 3.93. The smallest absolute Gasteiger partial charge is 0.381 e. The van der Waals surface area contributed by atoms with E-state index >= 15 is 0 Å². The van der Waals surface area contributed by atoms with Gasteiger partial charge in [0.05, 0.1) is 12.3 Å². The van der Waals surface area contributed by atoms with Crippen molar-refractivity contribution in [2.24, 2.45) is 11.8 Å². The van der Waals surface area contributed by atoms with Gasteiger partial charge in [-0.05, 0) is 9.91 Å². The summed E-state index contributed by atoms with van der Waals surface area (Å²) in [5, 5.41) is 10.5. The molecule has 1 saturated carbocycles. The molecular formula is C12H15F2N3O4. The van der Waals surface area contributed by atoms with Crippen molar-refractivity contribution in [2.75, 3.05) is 6.61 Å². The summed E-state index contributed by atoms with van der Waals surface area (Å²) in [5.41, 5.74) is 0. The first-order valence-electron chi connectivity index (χ1n) is 6.45. The van der Waals surface area contributed by atoms with Crippen molar-refractivity contribution in [2.45, 2.75) is 32.7 Å². The average Bonchev–Trinajstić information content (AvgIpc) is 2.73. The zero-order valence-electron chi connectivity index (χ0n) is 11.6. The summed E-state index contributed by atoms with van der Waals surface area (Å²) >= 11 is 0. The zero-order valence-corrected chi connectivity index (χ0v) is 11.6. The minimum atomic E-state index is -2.75. The highest BCUT2D eigenvalue weighted by Crippen LogP contribution is 2.54. The zero-order chi connectivity index (χ0) is 15.8. The second-order valence-corrected chi connectivity index (χ2v) is 5.10. The third-order valence-corrected chi connectivity index (χ3v) is 3.73. The molecule has 1 aliphatic carbocycles. The van der Waals surface area contributed by atoms with Gasteiger partial charge in [-0.15, -0.1) is 0 Å². The molecule has 0 radical (unpaired) electrons. The van der Waals surface area contributed by atoms with Crippen molar-refractivity contribution in [3.63, 3.8) is 0 Å². The van der Waals surface area contributed by atoms with E-state index in [4.69, 9.17) is 4.74 Å². The quantitative estimate of drug-likeness (QED) is 0.455. The van der Waals surface area contributed by atoms with Crippen LogP contribution in [0.2, 0.25) is 0 Å². The van der Waals surface area contributed by atoms with Gasteiger partial charge in [0.15, 0.2) is 0 Å². The standard InChI is InChI=1S/C12H15F2N3O4/c1-7-9(12(7,13)14)6-21-11(18)3-4-16-5-10(17(19)20)15-8(16)2/h5,7,9H,3-4,6H2,1-2H3/t7-,9-/m1/s1. The lowest BCUT2D eigenvalue weighted by Crippen LogP contribution is -2.13. The van der Waals surface area contributed by atoms with Crippen molar-refractivity contribution in [1.82, 2.24) is 9.55 Å². The van der Waals surface area contributed by atoms with Gasteiger partial charge in [0.1, 0.15) is 12.8 Å². The molecule has 9 heteroatoms. The van der Waals surface area contributed by atoms with Crippen LogP contribution in [-0.4, -0.2) is 33.0 Å². The first kappa shape index (κ1) is 15.3. The first-order valence-corrected chi connectivity index (χ1v) is 6.45. The molecule has 0 aromatic carbocycles. The molecule has 0 saturated heterocycles. The number of ether oxygens (including phenoxy) is 1. The fourth-order valence-corrected chi connectivity index (χ4v) is 2.09. The lowest BCUT2D eigenvalue weighted by atomic mass is 10.3. The van der Waals surface area contributed by atoms with Gasteiger partial charge < -0.3 is 19.4 Å². The molecule has 2 atom stereocenters. The van der Waals surface area contributed by atoms with E-state index in [9.17, 15) is 23.7 Å². The van der Waals surface area contributed by atoms with E-state index < -0.39 is 28.7 Å². The van der Waals surface area contributed by atoms with Crippen molar-refractivity contribution >= 4 is 11.8 Å². The van der Waals surface area contributed by atoms with Crippen LogP contribution in [0.15, 0.2) is 6.20 Å². The van der Waals surface area contributed by atoms with Crippen LogP contribution in [0.1, 0.15) is 19.2 Å². The predicted molar refractivity (Wildman–Crippen MR) is 66.8 cm³/mol. The van der Waals surface area contributed by atoms with Gasteiger partial charge in [-0.3, -0.25) is 4.79 Å². The largest absolute Gasteiger partial charge is 0.465 e. The summed E-state index contributed by atoms with van der Waals surface area (Å²) in [6.07, 6.45) is 1.17. The van der Waals surface area contributed by atoms with Gasteiger partial charge in [-0.25, -0.2) is 8.78 Å². The van der Waals surface area contributed by atoms with Gasteiger partial charge >= 0.3 is 11.8 Å². The fourth-order valence-electron chi connectivity index (χ4n) is 2.09. The molecule has 0 aliphatic heterocycles. The van der Waals surface area contributed by atoms with Crippen molar-refractivity contribution in [3.05, 3.63) is 22.1 Å². The Labute approximate surface area is 119 Å². The lowest BCUT2D eigenvalue weighted by Gasteiger charge is -2.04. The molecule has 1 heterocycles. The number of carbonyl (C=O) groups excluding carboxylic acids is 1. The number of alkyl halides is 2. The molecule has 1 aromatic rings. The number of aromatic nitrogens is 2. The minimum Gasteiger partial charge on any atom is -0.465 e. The summed E-state index contributed by atoms with van der Waals surface area (Å²) in [4.78, 5) is 25.1. The molecule has 21 heavy (non-hydrogen) atoms. The molecule has 1 aromatic heterocycles. The summed E-state index contributed by atoms with van der Waals surface area (Å²) in [6, 6.07) is 0. The van der Waals surface area contributed by atoms with E-state index in [1.165, 1.54) is 17.7 Å².